The summed E-state index contributed by atoms with van der Waals surface area (Å²) >= 11 is 0. The highest BCUT2D eigenvalue weighted by atomic mass is 19.1. The summed E-state index contributed by atoms with van der Waals surface area (Å²) in [4.78, 5) is 10.1. The first-order chi connectivity index (χ1) is 8.00. The molecular formula is C11H12FNO4. The molecule has 2 rings (SSSR count). The van der Waals surface area contributed by atoms with Crippen LogP contribution in [0.25, 0.3) is 0 Å². The Kier molecular flexibility index (Phi) is 2.97. The molecule has 0 amide bonds. The minimum Gasteiger partial charge on any atom is -0.455 e. The molecular weight excluding hydrogens is 229 g/mol. The Morgan fingerprint density at radius 3 is 2.65 bits per heavy atom. The van der Waals surface area contributed by atoms with Crippen molar-refractivity contribution in [2.75, 3.05) is 0 Å². The second kappa shape index (κ2) is 4.29. The molecule has 0 aromatic heterocycles. The Bertz CT molecular complexity index is 443. The number of nitro benzene ring substituents is 1. The van der Waals surface area contributed by atoms with Crippen LogP contribution in [0.4, 0.5) is 10.1 Å². The van der Waals surface area contributed by atoms with Gasteiger partial charge in [-0.2, -0.15) is 0 Å². The van der Waals surface area contributed by atoms with Crippen LogP contribution in [0.15, 0.2) is 18.2 Å². The first-order valence-electron chi connectivity index (χ1n) is 5.35. The van der Waals surface area contributed by atoms with E-state index in [0.717, 1.165) is 31.0 Å². The zero-order valence-electron chi connectivity index (χ0n) is 9.06. The molecule has 0 heterocycles. The molecule has 92 valence electrons. The molecule has 1 aromatic rings. The maximum atomic E-state index is 13.0. The van der Waals surface area contributed by atoms with E-state index < -0.39 is 16.5 Å². The Morgan fingerprint density at radius 2 is 2.06 bits per heavy atom. The fraction of sp³-hybridized carbons (Fsp3) is 0.455. The summed E-state index contributed by atoms with van der Waals surface area (Å²) < 4.78 is 18.2. The number of nitrogens with zero attached hydrogens (tertiary/aromatic N) is 1. The minimum absolute atomic E-state index is 0.223. The van der Waals surface area contributed by atoms with E-state index >= 15 is 0 Å². The molecule has 0 saturated heterocycles. The van der Waals surface area contributed by atoms with E-state index in [-0.39, 0.29) is 11.4 Å². The van der Waals surface area contributed by atoms with Gasteiger partial charge >= 0.3 is 5.69 Å². The largest absolute Gasteiger partial charge is 0.455 e. The maximum absolute atomic E-state index is 13.0. The SMILES string of the molecule is O=[N+]([O-])c1ccc(F)cc1OC1(O)CCCC1. The van der Waals surface area contributed by atoms with Crippen LogP contribution in [0.2, 0.25) is 0 Å². The van der Waals surface area contributed by atoms with Gasteiger partial charge in [0.1, 0.15) is 5.82 Å². The van der Waals surface area contributed by atoms with Gasteiger partial charge in [-0.25, -0.2) is 4.39 Å². The molecule has 5 nitrogen and oxygen atoms in total. The lowest BCUT2D eigenvalue weighted by atomic mass is 10.2. The van der Waals surface area contributed by atoms with Crippen molar-refractivity contribution in [1.82, 2.24) is 0 Å². The lowest BCUT2D eigenvalue weighted by Crippen LogP contribution is -2.32. The Hall–Kier alpha value is -1.69. The third-order valence-corrected chi connectivity index (χ3v) is 2.80. The van der Waals surface area contributed by atoms with Crippen LogP contribution in [0.5, 0.6) is 5.75 Å². The van der Waals surface area contributed by atoms with Crippen molar-refractivity contribution < 1.29 is 19.2 Å². The summed E-state index contributed by atoms with van der Waals surface area (Å²) in [5, 5.41) is 20.7. The lowest BCUT2D eigenvalue weighted by Gasteiger charge is -2.23. The van der Waals surface area contributed by atoms with Crippen LogP contribution in [0.3, 0.4) is 0 Å². The fourth-order valence-corrected chi connectivity index (χ4v) is 1.95. The molecule has 0 bridgehead atoms. The Balaban J connectivity index is 2.30. The van der Waals surface area contributed by atoms with Gasteiger partial charge in [0.2, 0.25) is 11.5 Å². The van der Waals surface area contributed by atoms with E-state index in [1.54, 1.807) is 0 Å². The van der Waals surface area contributed by atoms with Crippen molar-refractivity contribution in [2.45, 2.75) is 31.5 Å². The highest BCUT2D eigenvalue weighted by Crippen LogP contribution is 2.36. The standard InChI is InChI=1S/C11H12FNO4/c12-8-3-4-9(13(15)16)10(7-8)17-11(14)5-1-2-6-11/h3-4,7,14H,1-2,5-6H2. The van der Waals surface area contributed by atoms with Gasteiger partial charge in [0.25, 0.3) is 0 Å². The van der Waals surface area contributed by atoms with Crippen molar-refractivity contribution in [3.63, 3.8) is 0 Å². The van der Waals surface area contributed by atoms with Gasteiger partial charge in [-0.3, -0.25) is 10.1 Å². The van der Waals surface area contributed by atoms with Crippen LogP contribution >= 0.6 is 0 Å². The molecule has 1 aliphatic carbocycles. The first kappa shape index (κ1) is 11.8. The second-order valence-corrected chi connectivity index (χ2v) is 4.12. The van der Waals surface area contributed by atoms with Gasteiger partial charge in [-0.05, 0) is 18.9 Å². The zero-order chi connectivity index (χ0) is 12.5. The summed E-state index contributed by atoms with van der Waals surface area (Å²) in [6.45, 7) is 0. The average molecular weight is 241 g/mol. The number of halogens is 1. The highest BCUT2D eigenvalue weighted by Gasteiger charge is 2.35. The number of nitro groups is 1. The average Bonchev–Trinajstić information content (AvgIpc) is 2.64. The predicted molar refractivity (Wildman–Crippen MR) is 57.1 cm³/mol. The number of aliphatic hydroxyl groups is 1. The molecule has 1 aliphatic rings. The van der Waals surface area contributed by atoms with Crippen LogP contribution in [0.1, 0.15) is 25.7 Å². The molecule has 1 saturated carbocycles. The third-order valence-electron chi connectivity index (χ3n) is 2.80. The smallest absolute Gasteiger partial charge is 0.311 e. The number of hydrogen-bond acceptors (Lipinski definition) is 4. The molecule has 0 unspecified atom stereocenters. The second-order valence-electron chi connectivity index (χ2n) is 4.12. The summed E-state index contributed by atoms with van der Waals surface area (Å²) in [6.07, 6.45) is 2.39. The van der Waals surface area contributed by atoms with Gasteiger partial charge in [0.15, 0.2) is 0 Å². The van der Waals surface area contributed by atoms with Gasteiger partial charge in [0, 0.05) is 25.0 Å². The monoisotopic (exact) mass is 241 g/mol. The van der Waals surface area contributed by atoms with Crippen molar-refractivity contribution in [2.24, 2.45) is 0 Å². The molecule has 0 aliphatic heterocycles. The van der Waals surface area contributed by atoms with E-state index in [1.165, 1.54) is 0 Å². The Morgan fingerprint density at radius 1 is 1.41 bits per heavy atom. The van der Waals surface area contributed by atoms with Gasteiger partial charge in [-0.15, -0.1) is 0 Å². The van der Waals surface area contributed by atoms with Crippen LogP contribution in [-0.2, 0) is 0 Å². The van der Waals surface area contributed by atoms with Crippen molar-refractivity contribution in [3.05, 3.63) is 34.1 Å². The van der Waals surface area contributed by atoms with Gasteiger partial charge in [-0.1, -0.05) is 0 Å². The van der Waals surface area contributed by atoms with E-state index in [1.807, 2.05) is 0 Å². The summed E-state index contributed by atoms with van der Waals surface area (Å²) in [7, 11) is 0. The number of ether oxygens (including phenoxy) is 1. The molecule has 6 heteroatoms. The summed E-state index contributed by atoms with van der Waals surface area (Å²) in [5.41, 5.74) is -0.341. The van der Waals surface area contributed by atoms with Crippen molar-refractivity contribution in [3.8, 4) is 5.75 Å². The van der Waals surface area contributed by atoms with E-state index in [9.17, 15) is 19.6 Å². The van der Waals surface area contributed by atoms with Crippen molar-refractivity contribution >= 4 is 5.69 Å². The van der Waals surface area contributed by atoms with E-state index in [0.29, 0.717) is 12.8 Å². The lowest BCUT2D eigenvalue weighted by molar-refractivity contribution is -0.386. The highest BCUT2D eigenvalue weighted by molar-refractivity contribution is 5.46. The Labute approximate surface area is 97.0 Å². The molecule has 0 radical (unpaired) electrons. The van der Waals surface area contributed by atoms with Crippen LogP contribution in [0, 0.1) is 15.9 Å². The van der Waals surface area contributed by atoms with Crippen LogP contribution in [-0.4, -0.2) is 15.8 Å². The molecule has 0 spiro atoms. The van der Waals surface area contributed by atoms with Gasteiger partial charge < -0.3 is 9.84 Å². The fourth-order valence-electron chi connectivity index (χ4n) is 1.95. The maximum Gasteiger partial charge on any atom is 0.311 e. The first-order valence-corrected chi connectivity index (χ1v) is 5.35. The third kappa shape index (κ3) is 2.52. The molecule has 1 N–H and O–H groups in total. The van der Waals surface area contributed by atoms with Crippen LogP contribution < -0.4 is 4.74 Å². The molecule has 0 atom stereocenters. The summed E-state index contributed by atoms with van der Waals surface area (Å²) in [6, 6.07) is 2.95. The number of benzene rings is 1. The van der Waals surface area contributed by atoms with E-state index in [2.05, 4.69) is 0 Å². The van der Waals surface area contributed by atoms with Crippen molar-refractivity contribution in [1.29, 1.82) is 0 Å². The predicted octanol–water partition coefficient (Wildman–Crippen LogP) is 2.38. The minimum atomic E-state index is -1.40. The molecule has 1 aromatic carbocycles. The van der Waals surface area contributed by atoms with E-state index in [4.69, 9.17) is 4.74 Å². The molecule has 17 heavy (non-hydrogen) atoms. The normalized spacial score (nSPS) is 18.0. The molecule has 1 fully saturated rings. The number of hydrogen-bond donors (Lipinski definition) is 1. The summed E-state index contributed by atoms with van der Waals surface area (Å²) in [5.74, 6) is -2.26. The quantitative estimate of drug-likeness (QED) is 0.501. The topological polar surface area (TPSA) is 72.6 Å². The number of rotatable bonds is 3. The zero-order valence-corrected chi connectivity index (χ0v) is 9.06. The van der Waals surface area contributed by atoms with Gasteiger partial charge in [0.05, 0.1) is 4.92 Å².